The van der Waals surface area contributed by atoms with Crippen LogP contribution in [0.2, 0.25) is 5.02 Å². The lowest BCUT2D eigenvalue weighted by molar-refractivity contribution is 0.664. The average Bonchev–Trinajstić information content (AvgIpc) is 2.20. The van der Waals surface area contributed by atoms with Crippen molar-refractivity contribution in [3.63, 3.8) is 0 Å². The molecule has 2 unspecified atom stereocenters. The fourth-order valence-corrected chi connectivity index (χ4v) is 2.56. The van der Waals surface area contributed by atoms with Crippen molar-refractivity contribution in [1.82, 2.24) is 0 Å². The summed E-state index contributed by atoms with van der Waals surface area (Å²) < 4.78 is 11.9. The summed E-state index contributed by atoms with van der Waals surface area (Å²) in [5, 5.41) is 0.697. The zero-order valence-electron chi connectivity index (χ0n) is 8.07. The van der Waals surface area contributed by atoms with E-state index in [0.717, 1.165) is 11.3 Å². The second-order valence-corrected chi connectivity index (χ2v) is 5.19. The highest BCUT2D eigenvalue weighted by atomic mass is 35.5. The zero-order chi connectivity index (χ0) is 10.6. The molecule has 2 atom stereocenters. The molecule has 1 rings (SSSR count). The Bertz CT molecular complexity index is 308. The van der Waals surface area contributed by atoms with E-state index in [9.17, 15) is 4.21 Å². The van der Waals surface area contributed by atoms with Crippen molar-refractivity contribution in [1.29, 1.82) is 0 Å². The summed E-state index contributed by atoms with van der Waals surface area (Å²) in [5.41, 5.74) is 5.53. The molecule has 78 valence electrons. The molecule has 0 heterocycles. The average molecular weight is 232 g/mol. The molecule has 1 aromatic rings. The number of hydrogen-bond donors (Lipinski definition) is 1. The number of rotatable bonds is 4. The Morgan fingerprint density at radius 2 is 2.00 bits per heavy atom. The molecule has 0 aliphatic rings. The molecule has 0 amide bonds. The Labute approximate surface area is 91.9 Å². The Hall–Kier alpha value is -0.380. The minimum atomic E-state index is -1.01. The molecule has 0 radical (unpaired) electrons. The quantitative estimate of drug-likeness (QED) is 0.863. The second-order valence-electron chi connectivity index (χ2n) is 3.02. The van der Waals surface area contributed by atoms with E-state index in [1.54, 1.807) is 24.3 Å². The van der Waals surface area contributed by atoms with Crippen molar-refractivity contribution in [3.05, 3.63) is 29.3 Å². The molecule has 2 N–H and O–H groups in total. The van der Waals surface area contributed by atoms with Crippen LogP contribution in [-0.4, -0.2) is 16.0 Å². The first-order valence-corrected chi connectivity index (χ1v) is 6.14. The lowest BCUT2D eigenvalue weighted by Crippen LogP contribution is -2.24. The fraction of sp³-hybridized carbons (Fsp3) is 0.400. The van der Waals surface area contributed by atoms with E-state index in [2.05, 4.69) is 0 Å². The van der Waals surface area contributed by atoms with Crippen LogP contribution in [0.25, 0.3) is 0 Å². The molecule has 4 heteroatoms. The smallest absolute Gasteiger partial charge is 0.0573 e. The van der Waals surface area contributed by atoms with Gasteiger partial charge in [0.15, 0.2) is 0 Å². The van der Waals surface area contributed by atoms with Gasteiger partial charge in [0.05, 0.1) is 16.0 Å². The molecule has 0 aromatic heterocycles. The monoisotopic (exact) mass is 231 g/mol. The van der Waals surface area contributed by atoms with Gasteiger partial charge < -0.3 is 5.73 Å². The zero-order valence-corrected chi connectivity index (χ0v) is 9.65. The largest absolute Gasteiger partial charge is 0.329 e. The SMILES string of the molecule is CCC(CN)S(=O)c1ccc(Cl)cc1. The van der Waals surface area contributed by atoms with Gasteiger partial charge in [0.2, 0.25) is 0 Å². The third kappa shape index (κ3) is 2.80. The van der Waals surface area contributed by atoms with Gasteiger partial charge in [-0.3, -0.25) is 4.21 Å². The summed E-state index contributed by atoms with van der Waals surface area (Å²) in [6.07, 6.45) is 0.825. The van der Waals surface area contributed by atoms with E-state index >= 15 is 0 Å². The van der Waals surface area contributed by atoms with Gasteiger partial charge in [-0.2, -0.15) is 0 Å². The summed E-state index contributed by atoms with van der Waals surface area (Å²) in [7, 11) is -1.01. The Morgan fingerprint density at radius 3 is 2.43 bits per heavy atom. The molecule has 2 nitrogen and oxygen atoms in total. The number of benzene rings is 1. The third-order valence-corrected chi connectivity index (χ3v) is 4.19. The molecule has 0 saturated heterocycles. The molecule has 0 aliphatic carbocycles. The van der Waals surface area contributed by atoms with E-state index in [-0.39, 0.29) is 5.25 Å². The highest BCUT2D eigenvalue weighted by Gasteiger charge is 2.14. The highest BCUT2D eigenvalue weighted by Crippen LogP contribution is 2.16. The Morgan fingerprint density at radius 1 is 1.43 bits per heavy atom. The van der Waals surface area contributed by atoms with E-state index in [4.69, 9.17) is 17.3 Å². The molecular weight excluding hydrogens is 218 g/mol. The Kier molecular flexibility index (Phi) is 4.58. The van der Waals surface area contributed by atoms with Crippen LogP contribution in [0.4, 0.5) is 0 Å². The van der Waals surface area contributed by atoms with Crippen LogP contribution in [0.15, 0.2) is 29.2 Å². The maximum absolute atomic E-state index is 11.9. The van der Waals surface area contributed by atoms with Crippen LogP contribution in [0.1, 0.15) is 13.3 Å². The molecule has 1 aromatic carbocycles. The molecule has 0 spiro atoms. The van der Waals surface area contributed by atoms with E-state index in [1.807, 2.05) is 6.92 Å². The van der Waals surface area contributed by atoms with Gasteiger partial charge in [-0.05, 0) is 30.7 Å². The lowest BCUT2D eigenvalue weighted by Gasteiger charge is -2.11. The van der Waals surface area contributed by atoms with Crippen molar-refractivity contribution in [2.45, 2.75) is 23.5 Å². The maximum Gasteiger partial charge on any atom is 0.0573 e. The van der Waals surface area contributed by atoms with Gasteiger partial charge in [0, 0.05) is 16.5 Å². The van der Waals surface area contributed by atoms with Gasteiger partial charge in [-0.1, -0.05) is 18.5 Å². The summed E-state index contributed by atoms with van der Waals surface area (Å²) in [4.78, 5) is 0.798. The molecule has 14 heavy (non-hydrogen) atoms. The summed E-state index contributed by atoms with van der Waals surface area (Å²) in [6.45, 7) is 2.44. The molecule has 0 bridgehead atoms. The van der Waals surface area contributed by atoms with Gasteiger partial charge in [-0.15, -0.1) is 0 Å². The molecular formula is C10H14ClNOS. The van der Waals surface area contributed by atoms with Crippen molar-refractivity contribution in [2.75, 3.05) is 6.54 Å². The normalized spacial score (nSPS) is 15.1. The minimum Gasteiger partial charge on any atom is -0.329 e. The molecule has 0 aliphatic heterocycles. The fourth-order valence-electron chi connectivity index (χ4n) is 1.17. The van der Waals surface area contributed by atoms with Crippen LogP contribution < -0.4 is 5.73 Å². The third-order valence-electron chi connectivity index (χ3n) is 2.07. The minimum absolute atomic E-state index is 0.0381. The molecule has 0 saturated carbocycles. The van der Waals surface area contributed by atoms with Crippen molar-refractivity contribution >= 4 is 22.4 Å². The highest BCUT2D eigenvalue weighted by molar-refractivity contribution is 7.85. The van der Waals surface area contributed by atoms with Crippen LogP contribution in [0, 0.1) is 0 Å². The topological polar surface area (TPSA) is 43.1 Å². The second kappa shape index (κ2) is 5.49. The van der Waals surface area contributed by atoms with Gasteiger partial charge in [-0.25, -0.2) is 0 Å². The van der Waals surface area contributed by atoms with Crippen molar-refractivity contribution in [2.24, 2.45) is 5.73 Å². The van der Waals surface area contributed by atoms with E-state index in [1.165, 1.54) is 0 Å². The number of nitrogens with two attached hydrogens (primary N) is 1. The summed E-state index contributed by atoms with van der Waals surface area (Å²) >= 11 is 5.74. The first kappa shape index (κ1) is 11.7. The Balaban J connectivity index is 2.83. The summed E-state index contributed by atoms with van der Waals surface area (Å²) in [6, 6.07) is 7.07. The van der Waals surface area contributed by atoms with Crippen molar-refractivity contribution in [3.8, 4) is 0 Å². The lowest BCUT2D eigenvalue weighted by atomic mass is 10.3. The van der Waals surface area contributed by atoms with Gasteiger partial charge >= 0.3 is 0 Å². The maximum atomic E-state index is 11.9. The summed E-state index contributed by atoms with van der Waals surface area (Å²) in [5.74, 6) is 0. The van der Waals surface area contributed by atoms with Gasteiger partial charge in [0.1, 0.15) is 0 Å². The van der Waals surface area contributed by atoms with Crippen LogP contribution >= 0.6 is 11.6 Å². The van der Waals surface area contributed by atoms with Crippen LogP contribution in [0.3, 0.4) is 0 Å². The predicted octanol–water partition coefficient (Wildman–Crippen LogP) is 2.18. The van der Waals surface area contributed by atoms with Crippen LogP contribution in [-0.2, 0) is 10.8 Å². The van der Waals surface area contributed by atoms with Crippen molar-refractivity contribution < 1.29 is 4.21 Å². The standard InChI is InChI=1S/C10H14ClNOS/c1-2-9(7-12)14(13)10-5-3-8(11)4-6-10/h3-6,9H,2,7,12H2,1H3. The van der Waals surface area contributed by atoms with E-state index < -0.39 is 10.8 Å². The number of halogens is 1. The first-order valence-electron chi connectivity index (χ1n) is 4.55. The van der Waals surface area contributed by atoms with Gasteiger partial charge in [0.25, 0.3) is 0 Å². The molecule has 0 fully saturated rings. The van der Waals surface area contributed by atoms with Crippen LogP contribution in [0.5, 0.6) is 0 Å². The van der Waals surface area contributed by atoms with E-state index in [0.29, 0.717) is 11.6 Å². The predicted molar refractivity (Wildman–Crippen MR) is 61.0 cm³/mol. The first-order chi connectivity index (χ1) is 6.69. The number of hydrogen-bond acceptors (Lipinski definition) is 2.